The lowest BCUT2D eigenvalue weighted by atomic mass is 10.1. The lowest BCUT2D eigenvalue weighted by molar-refractivity contribution is -0.145. The van der Waals surface area contributed by atoms with Crippen LogP contribution in [0.4, 0.5) is 4.79 Å². The molecule has 1 amide bonds. The second kappa shape index (κ2) is 8.18. The van der Waals surface area contributed by atoms with Gasteiger partial charge in [-0.2, -0.15) is 0 Å². The predicted octanol–water partition coefficient (Wildman–Crippen LogP) is 3.91. The van der Waals surface area contributed by atoms with Crippen LogP contribution >= 0.6 is 0 Å². The summed E-state index contributed by atoms with van der Waals surface area (Å²) in [5.74, 6) is -0.227. The molecule has 0 saturated carbocycles. The molecule has 1 heterocycles. The number of nitrogens with zero attached hydrogens (tertiary/aromatic N) is 1. The van der Waals surface area contributed by atoms with E-state index >= 15 is 0 Å². The summed E-state index contributed by atoms with van der Waals surface area (Å²) in [6, 6.07) is 9.67. The first kappa shape index (κ1) is 18.3. The molecular weight excluding hydrogens is 306 g/mol. The number of amides is 1. The van der Waals surface area contributed by atoms with Gasteiger partial charge >= 0.3 is 12.1 Å². The van der Waals surface area contributed by atoms with Crippen LogP contribution in [0, 0.1) is 0 Å². The molecule has 24 heavy (non-hydrogen) atoms. The van der Waals surface area contributed by atoms with Crippen molar-refractivity contribution in [2.45, 2.75) is 64.7 Å². The zero-order valence-electron chi connectivity index (χ0n) is 14.8. The van der Waals surface area contributed by atoms with E-state index in [1.807, 2.05) is 51.1 Å². The van der Waals surface area contributed by atoms with Crippen LogP contribution < -0.4 is 0 Å². The third-order valence-electron chi connectivity index (χ3n) is 3.93. The number of benzene rings is 1. The minimum absolute atomic E-state index is 0.0594. The van der Waals surface area contributed by atoms with E-state index in [-0.39, 0.29) is 18.1 Å². The standard InChI is InChI=1S/C19H27NO4/c1-19(2,3)24-18(22)20-13-7-10-16(20)11-12-17(21)23-14-15-8-5-4-6-9-15/h4-6,8-9,16H,7,10-14H2,1-3H3/t16-/m1/s1. The summed E-state index contributed by atoms with van der Waals surface area (Å²) in [6.07, 6.45) is 2.50. The van der Waals surface area contributed by atoms with E-state index in [0.29, 0.717) is 26.0 Å². The Bertz CT molecular complexity index is 550. The van der Waals surface area contributed by atoms with Crippen LogP contribution in [0.1, 0.15) is 52.0 Å². The van der Waals surface area contributed by atoms with Crippen molar-refractivity contribution in [3.05, 3.63) is 35.9 Å². The Labute approximate surface area is 143 Å². The average Bonchev–Trinajstić information content (AvgIpc) is 2.99. The average molecular weight is 333 g/mol. The molecule has 0 N–H and O–H groups in total. The Balaban J connectivity index is 1.76. The first-order valence-electron chi connectivity index (χ1n) is 8.54. The molecule has 1 atom stereocenters. The van der Waals surface area contributed by atoms with E-state index in [0.717, 1.165) is 18.4 Å². The van der Waals surface area contributed by atoms with Crippen LogP contribution in [0.5, 0.6) is 0 Å². The number of ether oxygens (including phenoxy) is 2. The number of rotatable bonds is 5. The molecule has 1 aromatic carbocycles. The summed E-state index contributed by atoms with van der Waals surface area (Å²) < 4.78 is 10.7. The SMILES string of the molecule is CC(C)(C)OC(=O)N1CCC[C@@H]1CCC(=O)OCc1ccccc1. The van der Waals surface area contributed by atoms with Crippen LogP contribution in [0.3, 0.4) is 0 Å². The largest absolute Gasteiger partial charge is 0.461 e. The lowest BCUT2D eigenvalue weighted by Gasteiger charge is -2.28. The summed E-state index contributed by atoms with van der Waals surface area (Å²) in [7, 11) is 0. The minimum Gasteiger partial charge on any atom is -0.461 e. The van der Waals surface area contributed by atoms with Gasteiger partial charge in [0, 0.05) is 19.0 Å². The molecule has 0 bridgehead atoms. The van der Waals surface area contributed by atoms with Crippen LogP contribution in [0.15, 0.2) is 30.3 Å². The van der Waals surface area contributed by atoms with E-state index in [4.69, 9.17) is 9.47 Å². The molecule has 0 spiro atoms. The summed E-state index contributed by atoms with van der Waals surface area (Å²) in [5.41, 5.74) is 0.473. The maximum Gasteiger partial charge on any atom is 0.410 e. The van der Waals surface area contributed by atoms with Gasteiger partial charge in [0.25, 0.3) is 0 Å². The lowest BCUT2D eigenvalue weighted by Crippen LogP contribution is -2.40. The molecular formula is C19H27NO4. The third kappa shape index (κ3) is 5.87. The molecule has 1 aliphatic heterocycles. The number of likely N-dealkylation sites (tertiary alicyclic amines) is 1. The van der Waals surface area contributed by atoms with Crippen molar-refractivity contribution in [1.29, 1.82) is 0 Å². The van der Waals surface area contributed by atoms with Crippen molar-refractivity contribution >= 4 is 12.1 Å². The maximum absolute atomic E-state index is 12.2. The number of carbonyl (C=O) groups is 2. The smallest absolute Gasteiger partial charge is 0.410 e. The molecule has 132 valence electrons. The molecule has 0 aliphatic carbocycles. The number of hydrogen-bond donors (Lipinski definition) is 0. The van der Waals surface area contributed by atoms with Crippen molar-refractivity contribution in [1.82, 2.24) is 4.90 Å². The van der Waals surface area contributed by atoms with Gasteiger partial charge in [-0.1, -0.05) is 30.3 Å². The van der Waals surface area contributed by atoms with E-state index in [1.165, 1.54) is 0 Å². The Morgan fingerprint density at radius 3 is 2.58 bits per heavy atom. The predicted molar refractivity (Wildman–Crippen MR) is 91.4 cm³/mol. The van der Waals surface area contributed by atoms with Crippen molar-refractivity contribution in [3.63, 3.8) is 0 Å². The van der Waals surface area contributed by atoms with Crippen molar-refractivity contribution in [2.24, 2.45) is 0 Å². The van der Waals surface area contributed by atoms with Crippen LogP contribution in [0.2, 0.25) is 0 Å². The molecule has 1 fully saturated rings. The second-order valence-corrected chi connectivity index (χ2v) is 7.15. The molecule has 0 radical (unpaired) electrons. The first-order valence-corrected chi connectivity index (χ1v) is 8.54. The van der Waals surface area contributed by atoms with E-state index in [2.05, 4.69) is 0 Å². The molecule has 1 saturated heterocycles. The third-order valence-corrected chi connectivity index (χ3v) is 3.93. The Kier molecular flexibility index (Phi) is 6.23. The maximum atomic E-state index is 12.2. The molecule has 0 aromatic heterocycles. The first-order chi connectivity index (χ1) is 11.3. The molecule has 1 aliphatic rings. The van der Waals surface area contributed by atoms with Crippen LogP contribution in [-0.4, -0.2) is 35.2 Å². The van der Waals surface area contributed by atoms with Crippen molar-refractivity contribution in [3.8, 4) is 0 Å². The highest BCUT2D eigenvalue weighted by Gasteiger charge is 2.32. The van der Waals surface area contributed by atoms with Gasteiger partial charge in [0.2, 0.25) is 0 Å². The summed E-state index contributed by atoms with van der Waals surface area (Å²) in [5, 5.41) is 0. The second-order valence-electron chi connectivity index (χ2n) is 7.15. The topological polar surface area (TPSA) is 55.8 Å². The Morgan fingerprint density at radius 2 is 1.92 bits per heavy atom. The number of hydrogen-bond acceptors (Lipinski definition) is 4. The van der Waals surface area contributed by atoms with Crippen LogP contribution in [0.25, 0.3) is 0 Å². The van der Waals surface area contributed by atoms with Gasteiger partial charge in [-0.15, -0.1) is 0 Å². The van der Waals surface area contributed by atoms with Gasteiger partial charge in [-0.25, -0.2) is 4.79 Å². The van der Waals surface area contributed by atoms with E-state index in [9.17, 15) is 9.59 Å². The molecule has 5 heteroatoms. The van der Waals surface area contributed by atoms with Gasteiger partial charge in [0.1, 0.15) is 12.2 Å². The highest BCUT2D eigenvalue weighted by Crippen LogP contribution is 2.24. The van der Waals surface area contributed by atoms with Crippen molar-refractivity contribution in [2.75, 3.05) is 6.54 Å². The van der Waals surface area contributed by atoms with Gasteiger partial charge in [-0.05, 0) is 45.6 Å². The molecule has 5 nitrogen and oxygen atoms in total. The monoisotopic (exact) mass is 333 g/mol. The van der Waals surface area contributed by atoms with Gasteiger partial charge in [0.15, 0.2) is 0 Å². The fraction of sp³-hybridized carbons (Fsp3) is 0.579. The number of carbonyl (C=O) groups excluding carboxylic acids is 2. The summed E-state index contributed by atoms with van der Waals surface area (Å²) in [6.45, 7) is 6.56. The van der Waals surface area contributed by atoms with E-state index < -0.39 is 5.60 Å². The zero-order valence-corrected chi connectivity index (χ0v) is 14.8. The normalized spacial score (nSPS) is 17.6. The summed E-state index contributed by atoms with van der Waals surface area (Å²) in [4.78, 5) is 25.9. The van der Waals surface area contributed by atoms with Gasteiger partial charge in [0.05, 0.1) is 0 Å². The van der Waals surface area contributed by atoms with Crippen molar-refractivity contribution < 1.29 is 19.1 Å². The Hall–Kier alpha value is -2.04. The zero-order chi connectivity index (χ0) is 17.6. The fourth-order valence-corrected chi connectivity index (χ4v) is 2.79. The highest BCUT2D eigenvalue weighted by atomic mass is 16.6. The molecule has 2 rings (SSSR count). The van der Waals surface area contributed by atoms with Crippen LogP contribution in [-0.2, 0) is 20.9 Å². The minimum atomic E-state index is -0.501. The quantitative estimate of drug-likeness (QED) is 0.767. The summed E-state index contributed by atoms with van der Waals surface area (Å²) >= 11 is 0. The van der Waals surface area contributed by atoms with Gasteiger partial charge in [-0.3, -0.25) is 4.79 Å². The molecule has 0 unspecified atom stereocenters. The van der Waals surface area contributed by atoms with E-state index in [1.54, 1.807) is 4.90 Å². The van der Waals surface area contributed by atoms with Gasteiger partial charge < -0.3 is 14.4 Å². The highest BCUT2D eigenvalue weighted by molar-refractivity contribution is 5.70. The Morgan fingerprint density at radius 1 is 1.21 bits per heavy atom. The molecule has 1 aromatic rings. The fourth-order valence-electron chi connectivity index (χ4n) is 2.79. The number of esters is 1.